The van der Waals surface area contributed by atoms with Crippen LogP contribution < -0.4 is 10.6 Å². The van der Waals surface area contributed by atoms with Crippen LogP contribution in [-0.4, -0.2) is 89.1 Å². The van der Waals surface area contributed by atoms with Crippen LogP contribution in [-0.2, 0) is 6.42 Å². The van der Waals surface area contributed by atoms with E-state index in [1.807, 2.05) is 11.4 Å². The maximum atomic E-state index is 10.4. The van der Waals surface area contributed by atoms with Gasteiger partial charge in [-0.25, -0.2) is 19.4 Å². The molecule has 1 aliphatic carbocycles. The highest BCUT2D eigenvalue weighted by atomic mass is 32.2. The quantitative estimate of drug-likeness (QED) is 0.111. The molecule has 1 saturated carbocycles. The van der Waals surface area contributed by atoms with E-state index in [1.165, 1.54) is 5.56 Å². The summed E-state index contributed by atoms with van der Waals surface area (Å²) in [6.45, 7) is 2.87. The van der Waals surface area contributed by atoms with Crippen molar-refractivity contribution in [2.75, 3.05) is 30.8 Å². The summed E-state index contributed by atoms with van der Waals surface area (Å²) in [4.78, 5) is 18.9. The van der Waals surface area contributed by atoms with Crippen LogP contribution in [0.5, 0.6) is 0 Å². The Labute approximate surface area is 225 Å². The number of aliphatic hydroxyl groups excluding tert-OH is 3. The number of thioether (sulfide) groups is 1. The lowest BCUT2D eigenvalue weighted by molar-refractivity contribution is 0.0215. The molecule has 13 heteroatoms. The van der Waals surface area contributed by atoms with Gasteiger partial charge in [0.2, 0.25) is 0 Å². The summed E-state index contributed by atoms with van der Waals surface area (Å²) in [5.74, 6) is 1.61. The van der Waals surface area contributed by atoms with E-state index in [9.17, 15) is 15.0 Å². The number of carboxylic acid groups (broad SMARTS) is 1. The molecule has 1 fully saturated rings. The number of fused-ring (bicyclic) bond motifs is 1. The smallest absolute Gasteiger partial charge is 0.404 e. The van der Waals surface area contributed by atoms with Gasteiger partial charge in [-0.05, 0) is 44.1 Å². The summed E-state index contributed by atoms with van der Waals surface area (Å²) in [6, 6.07) is 10.2. The Hall–Kier alpha value is -3.00. The van der Waals surface area contributed by atoms with E-state index in [-0.39, 0.29) is 19.2 Å². The number of amides is 1. The highest BCUT2D eigenvalue weighted by Crippen LogP contribution is 2.33. The highest BCUT2D eigenvalue weighted by molar-refractivity contribution is 7.99. The van der Waals surface area contributed by atoms with Gasteiger partial charge in [-0.2, -0.15) is 0 Å². The summed E-state index contributed by atoms with van der Waals surface area (Å²) in [7, 11) is 0. The number of hydrogen-bond acceptors (Lipinski definition) is 10. The van der Waals surface area contributed by atoms with Gasteiger partial charge >= 0.3 is 6.09 Å². The minimum atomic E-state index is -1.10. The molecule has 38 heavy (non-hydrogen) atoms. The Morgan fingerprint density at radius 3 is 2.55 bits per heavy atom. The van der Waals surface area contributed by atoms with E-state index >= 15 is 0 Å². The van der Waals surface area contributed by atoms with Gasteiger partial charge in [0.15, 0.2) is 22.1 Å². The lowest BCUT2D eigenvalue weighted by Gasteiger charge is -2.16. The Bertz CT molecular complexity index is 1130. The SMILES string of the molecule is CCCSc1nc(NCCCCc2ccccc2)c2nnn([C@@H]3CC[C@@H](O)[C@H]3O)c2n1.O=C(O)NCCO. The third kappa shape index (κ3) is 8.51. The van der Waals surface area contributed by atoms with Crippen molar-refractivity contribution in [1.82, 2.24) is 30.3 Å². The molecule has 12 nitrogen and oxygen atoms in total. The summed E-state index contributed by atoms with van der Waals surface area (Å²) in [5.41, 5.74) is 2.57. The van der Waals surface area contributed by atoms with Gasteiger partial charge in [0.25, 0.3) is 0 Å². The number of benzene rings is 1. The van der Waals surface area contributed by atoms with Crippen LogP contribution in [0.2, 0.25) is 0 Å². The lowest BCUT2D eigenvalue weighted by Crippen LogP contribution is -2.28. The topological polar surface area (TPSA) is 179 Å². The summed E-state index contributed by atoms with van der Waals surface area (Å²) in [6.07, 6.45) is 2.67. The molecular formula is C25H37N7O5S. The second kappa shape index (κ2) is 15.4. The molecule has 0 bridgehead atoms. The average Bonchev–Trinajstić information content (AvgIpc) is 3.49. The molecule has 208 valence electrons. The van der Waals surface area contributed by atoms with Gasteiger partial charge in [-0.1, -0.05) is 54.2 Å². The van der Waals surface area contributed by atoms with Crippen molar-refractivity contribution < 1.29 is 25.2 Å². The van der Waals surface area contributed by atoms with Crippen molar-refractivity contribution in [2.45, 2.75) is 68.9 Å². The van der Waals surface area contributed by atoms with Crippen molar-refractivity contribution in [1.29, 1.82) is 0 Å². The molecule has 1 amide bonds. The summed E-state index contributed by atoms with van der Waals surface area (Å²) < 4.78 is 1.66. The lowest BCUT2D eigenvalue weighted by atomic mass is 10.1. The second-order valence-electron chi connectivity index (χ2n) is 8.94. The number of aromatic nitrogens is 5. The maximum Gasteiger partial charge on any atom is 0.404 e. The molecule has 0 spiro atoms. The van der Waals surface area contributed by atoms with Gasteiger partial charge in [-0.15, -0.1) is 5.10 Å². The molecule has 2 aromatic heterocycles. The van der Waals surface area contributed by atoms with Gasteiger partial charge in [-0.3, -0.25) is 0 Å². The zero-order valence-corrected chi connectivity index (χ0v) is 22.3. The van der Waals surface area contributed by atoms with Crippen molar-refractivity contribution in [3.05, 3.63) is 35.9 Å². The number of nitrogens with one attached hydrogen (secondary N) is 2. The highest BCUT2D eigenvalue weighted by Gasteiger charge is 2.37. The van der Waals surface area contributed by atoms with E-state index in [0.29, 0.717) is 35.0 Å². The number of nitrogens with zero attached hydrogens (tertiary/aromatic N) is 5. The molecule has 0 radical (unpaired) electrons. The molecule has 0 saturated heterocycles. The number of unbranched alkanes of at least 4 members (excludes halogenated alkanes) is 1. The fraction of sp³-hybridized carbons (Fsp3) is 0.560. The van der Waals surface area contributed by atoms with Crippen LogP contribution in [0.3, 0.4) is 0 Å². The minimum Gasteiger partial charge on any atom is -0.465 e. The molecule has 1 aliphatic rings. The Balaban J connectivity index is 0.000000505. The number of hydrogen-bond donors (Lipinski definition) is 6. The fourth-order valence-corrected chi connectivity index (χ4v) is 4.78. The summed E-state index contributed by atoms with van der Waals surface area (Å²) in [5, 5.41) is 50.8. The van der Waals surface area contributed by atoms with Crippen molar-refractivity contribution in [3.63, 3.8) is 0 Å². The molecule has 0 unspecified atom stereocenters. The molecular weight excluding hydrogens is 510 g/mol. The largest absolute Gasteiger partial charge is 0.465 e. The predicted molar refractivity (Wildman–Crippen MR) is 145 cm³/mol. The fourth-order valence-electron chi connectivity index (χ4n) is 4.09. The third-order valence-corrected chi connectivity index (χ3v) is 7.07. The number of rotatable bonds is 12. The van der Waals surface area contributed by atoms with Crippen LogP contribution >= 0.6 is 11.8 Å². The molecule has 3 aromatic rings. The molecule has 4 rings (SSSR count). The van der Waals surface area contributed by atoms with Crippen molar-refractivity contribution in [2.24, 2.45) is 0 Å². The van der Waals surface area contributed by atoms with Gasteiger partial charge in [0, 0.05) is 18.8 Å². The number of carbonyl (C=O) groups is 1. The summed E-state index contributed by atoms with van der Waals surface area (Å²) >= 11 is 1.60. The molecule has 3 atom stereocenters. The van der Waals surface area contributed by atoms with Crippen molar-refractivity contribution in [3.8, 4) is 0 Å². The first-order valence-corrected chi connectivity index (χ1v) is 13.9. The Kier molecular flexibility index (Phi) is 12.0. The van der Waals surface area contributed by atoms with Gasteiger partial charge < -0.3 is 31.1 Å². The third-order valence-electron chi connectivity index (χ3n) is 6.01. The van der Waals surface area contributed by atoms with E-state index in [1.54, 1.807) is 16.4 Å². The average molecular weight is 548 g/mol. The zero-order valence-electron chi connectivity index (χ0n) is 21.5. The number of aryl methyl sites for hydroxylation is 1. The molecule has 6 N–H and O–H groups in total. The minimum absolute atomic E-state index is 0.106. The standard InChI is InChI=1S/C22H30N6O2S.C3H7NO3/c1-2-14-31-22-24-20(23-13-7-6-10-15-8-4-3-5-9-15)18-21(25-22)28(27-26-18)16-11-12-17(29)19(16)30;5-2-1-4-3(6)7/h3-5,8-9,16-17,19,29-30H,2,6-7,10-14H2,1H3,(H,23,24,25);4-5H,1-2H2,(H,6,7)/t16-,17-,19+;/m1./s1. The maximum absolute atomic E-state index is 10.4. The number of aliphatic hydroxyl groups is 3. The normalized spacial score (nSPS) is 18.7. The van der Waals surface area contributed by atoms with Crippen LogP contribution in [0.1, 0.15) is 50.6 Å². The number of anilines is 1. The van der Waals surface area contributed by atoms with Crippen LogP contribution in [0.25, 0.3) is 11.2 Å². The Morgan fingerprint density at radius 2 is 1.92 bits per heavy atom. The van der Waals surface area contributed by atoms with Crippen LogP contribution in [0, 0.1) is 0 Å². The monoisotopic (exact) mass is 547 g/mol. The first-order valence-electron chi connectivity index (χ1n) is 12.9. The van der Waals surface area contributed by atoms with Gasteiger partial charge in [0.05, 0.1) is 18.8 Å². The van der Waals surface area contributed by atoms with E-state index in [0.717, 1.165) is 38.0 Å². The Morgan fingerprint density at radius 1 is 1.13 bits per heavy atom. The van der Waals surface area contributed by atoms with Crippen molar-refractivity contribution >= 4 is 34.8 Å². The predicted octanol–water partition coefficient (Wildman–Crippen LogP) is 2.46. The first kappa shape index (κ1) is 29.6. The van der Waals surface area contributed by atoms with E-state index < -0.39 is 18.3 Å². The van der Waals surface area contributed by atoms with Gasteiger partial charge in [0.1, 0.15) is 6.10 Å². The van der Waals surface area contributed by atoms with E-state index in [4.69, 9.17) is 10.2 Å². The molecule has 2 heterocycles. The first-order chi connectivity index (χ1) is 18.4. The van der Waals surface area contributed by atoms with Crippen LogP contribution in [0.4, 0.5) is 10.6 Å². The van der Waals surface area contributed by atoms with Crippen LogP contribution in [0.15, 0.2) is 35.5 Å². The second-order valence-corrected chi connectivity index (χ2v) is 10.00. The molecule has 1 aromatic carbocycles. The molecule has 0 aliphatic heterocycles. The van der Waals surface area contributed by atoms with E-state index in [2.05, 4.69) is 56.8 Å². The zero-order chi connectivity index (χ0) is 27.3.